The van der Waals surface area contributed by atoms with Gasteiger partial charge in [-0.1, -0.05) is 18.2 Å². The second-order valence-electron chi connectivity index (χ2n) is 2.82. The molecule has 0 aliphatic heterocycles. The first-order chi connectivity index (χ1) is 5.83. The van der Waals surface area contributed by atoms with Gasteiger partial charge < -0.3 is 5.32 Å². The molecule has 62 valence electrons. The summed E-state index contributed by atoms with van der Waals surface area (Å²) in [7, 11) is 0. The molecule has 1 N–H and O–H groups in total. The third kappa shape index (κ3) is 2.67. The molecule has 1 aromatic carbocycles. The summed E-state index contributed by atoms with van der Waals surface area (Å²) in [5.74, 6) is 2.63. The van der Waals surface area contributed by atoms with E-state index in [4.69, 9.17) is 6.42 Å². The zero-order valence-corrected chi connectivity index (χ0v) is 7.25. The lowest BCUT2D eigenvalue weighted by Crippen LogP contribution is -2.13. The van der Waals surface area contributed by atoms with Crippen molar-refractivity contribution in [3.8, 4) is 12.3 Å². The molecule has 0 fully saturated rings. The van der Waals surface area contributed by atoms with E-state index in [9.17, 15) is 0 Å². The molecule has 0 spiro atoms. The number of nitrogens with one attached hydrogen (secondary N) is 1. The maximum Gasteiger partial charge on any atom is 0.0342 e. The predicted molar refractivity (Wildman–Crippen MR) is 53.0 cm³/mol. The molecule has 0 amide bonds. The first-order valence-electron chi connectivity index (χ1n) is 4.08. The monoisotopic (exact) mass is 159 g/mol. The summed E-state index contributed by atoms with van der Waals surface area (Å²) in [6.07, 6.45) is 5.95. The fourth-order valence-electron chi connectivity index (χ4n) is 1.05. The van der Waals surface area contributed by atoms with Gasteiger partial charge in [0.1, 0.15) is 0 Å². The molecular formula is C11H13N. The number of benzene rings is 1. The van der Waals surface area contributed by atoms with Crippen molar-refractivity contribution in [1.29, 1.82) is 0 Å². The van der Waals surface area contributed by atoms with Gasteiger partial charge >= 0.3 is 0 Å². The molecule has 1 heteroatoms. The Balaban J connectivity index is 2.48. The van der Waals surface area contributed by atoms with E-state index in [0.717, 1.165) is 12.1 Å². The molecule has 1 nitrogen and oxygen atoms in total. The van der Waals surface area contributed by atoms with E-state index in [-0.39, 0.29) is 0 Å². The van der Waals surface area contributed by atoms with Gasteiger partial charge in [0.05, 0.1) is 0 Å². The normalized spacial score (nSPS) is 11.7. The molecule has 0 aromatic heterocycles. The van der Waals surface area contributed by atoms with Crippen LogP contribution < -0.4 is 5.32 Å². The van der Waals surface area contributed by atoms with Crippen LogP contribution in [-0.2, 0) is 0 Å². The van der Waals surface area contributed by atoms with Crippen LogP contribution in [0.3, 0.4) is 0 Å². The highest BCUT2D eigenvalue weighted by atomic mass is 14.9. The summed E-state index contributed by atoms with van der Waals surface area (Å²) in [6.45, 7) is 2.08. The van der Waals surface area contributed by atoms with Crippen LogP contribution in [0.5, 0.6) is 0 Å². The van der Waals surface area contributed by atoms with Crippen LogP contribution in [0.15, 0.2) is 30.3 Å². The molecule has 0 saturated heterocycles. The lowest BCUT2D eigenvalue weighted by Gasteiger charge is -2.11. The molecule has 0 aliphatic carbocycles. The van der Waals surface area contributed by atoms with Crippen LogP contribution in [0.25, 0.3) is 0 Å². The van der Waals surface area contributed by atoms with Crippen molar-refractivity contribution in [3.63, 3.8) is 0 Å². The Morgan fingerprint density at radius 2 is 2.08 bits per heavy atom. The molecule has 0 aliphatic rings. The van der Waals surface area contributed by atoms with Crippen molar-refractivity contribution in [2.75, 3.05) is 5.32 Å². The Morgan fingerprint density at radius 1 is 1.42 bits per heavy atom. The standard InChI is InChI=1S/C11H13N/c1-3-7-10(2)12-11-8-5-4-6-9-11/h1,4-6,8-10,12H,7H2,2H3. The highest BCUT2D eigenvalue weighted by Gasteiger charge is 1.97. The van der Waals surface area contributed by atoms with E-state index in [1.807, 2.05) is 30.3 Å². The Bertz CT molecular complexity index is 258. The fraction of sp³-hybridized carbons (Fsp3) is 0.273. The molecule has 1 rings (SSSR count). The van der Waals surface area contributed by atoms with Gasteiger partial charge in [-0.15, -0.1) is 12.3 Å². The Hall–Kier alpha value is -1.42. The molecule has 1 atom stereocenters. The molecule has 12 heavy (non-hydrogen) atoms. The minimum atomic E-state index is 0.345. The zero-order valence-electron chi connectivity index (χ0n) is 7.25. The van der Waals surface area contributed by atoms with Gasteiger partial charge in [-0.25, -0.2) is 0 Å². The number of terminal acetylenes is 1. The first-order valence-corrected chi connectivity index (χ1v) is 4.08. The minimum Gasteiger partial charge on any atom is -0.382 e. The first kappa shape index (κ1) is 8.67. The van der Waals surface area contributed by atoms with E-state index < -0.39 is 0 Å². The number of hydrogen-bond acceptors (Lipinski definition) is 1. The van der Waals surface area contributed by atoms with Crippen molar-refractivity contribution in [1.82, 2.24) is 0 Å². The number of anilines is 1. The van der Waals surface area contributed by atoms with Crippen LogP contribution in [0.2, 0.25) is 0 Å². The van der Waals surface area contributed by atoms with Gasteiger partial charge in [0.2, 0.25) is 0 Å². The zero-order chi connectivity index (χ0) is 8.81. The summed E-state index contributed by atoms with van der Waals surface area (Å²) in [5, 5.41) is 3.30. The Morgan fingerprint density at radius 3 is 2.67 bits per heavy atom. The second kappa shape index (κ2) is 4.46. The van der Waals surface area contributed by atoms with Crippen LogP contribution in [0, 0.1) is 12.3 Å². The van der Waals surface area contributed by atoms with Gasteiger partial charge in [-0.2, -0.15) is 0 Å². The molecule has 0 radical (unpaired) electrons. The lowest BCUT2D eigenvalue weighted by molar-refractivity contribution is 0.829. The third-order valence-electron chi connectivity index (χ3n) is 1.61. The molecular weight excluding hydrogens is 146 g/mol. The largest absolute Gasteiger partial charge is 0.382 e. The fourth-order valence-corrected chi connectivity index (χ4v) is 1.05. The van der Waals surface area contributed by atoms with E-state index in [0.29, 0.717) is 6.04 Å². The second-order valence-corrected chi connectivity index (χ2v) is 2.82. The summed E-state index contributed by atoms with van der Waals surface area (Å²) in [6, 6.07) is 10.4. The quantitative estimate of drug-likeness (QED) is 0.668. The highest BCUT2D eigenvalue weighted by Crippen LogP contribution is 2.07. The van der Waals surface area contributed by atoms with Crippen LogP contribution >= 0.6 is 0 Å². The predicted octanol–water partition coefficient (Wildman–Crippen LogP) is 2.51. The minimum absolute atomic E-state index is 0.345. The van der Waals surface area contributed by atoms with Crippen molar-refractivity contribution in [2.24, 2.45) is 0 Å². The van der Waals surface area contributed by atoms with Gasteiger partial charge in [-0.3, -0.25) is 0 Å². The number of para-hydroxylation sites is 1. The third-order valence-corrected chi connectivity index (χ3v) is 1.61. The van der Waals surface area contributed by atoms with Gasteiger partial charge in [0, 0.05) is 18.2 Å². The van der Waals surface area contributed by atoms with E-state index in [1.54, 1.807) is 0 Å². The van der Waals surface area contributed by atoms with Crippen LogP contribution in [0.1, 0.15) is 13.3 Å². The average molecular weight is 159 g/mol. The van der Waals surface area contributed by atoms with E-state index >= 15 is 0 Å². The van der Waals surface area contributed by atoms with Crippen molar-refractivity contribution >= 4 is 5.69 Å². The molecule has 0 bridgehead atoms. The number of rotatable bonds is 3. The average Bonchev–Trinajstić information content (AvgIpc) is 2.06. The maximum atomic E-state index is 5.19. The summed E-state index contributed by atoms with van der Waals surface area (Å²) in [5.41, 5.74) is 1.13. The van der Waals surface area contributed by atoms with Gasteiger partial charge in [-0.05, 0) is 19.1 Å². The Labute approximate surface area is 73.8 Å². The highest BCUT2D eigenvalue weighted by molar-refractivity contribution is 5.43. The van der Waals surface area contributed by atoms with Crippen molar-refractivity contribution in [2.45, 2.75) is 19.4 Å². The molecule has 0 saturated carbocycles. The van der Waals surface area contributed by atoms with Crippen LogP contribution in [0.4, 0.5) is 5.69 Å². The summed E-state index contributed by atoms with van der Waals surface area (Å²) < 4.78 is 0. The summed E-state index contributed by atoms with van der Waals surface area (Å²) >= 11 is 0. The van der Waals surface area contributed by atoms with E-state index in [2.05, 4.69) is 18.2 Å². The van der Waals surface area contributed by atoms with E-state index in [1.165, 1.54) is 0 Å². The van der Waals surface area contributed by atoms with Crippen molar-refractivity contribution < 1.29 is 0 Å². The maximum absolute atomic E-state index is 5.19. The van der Waals surface area contributed by atoms with Crippen molar-refractivity contribution in [3.05, 3.63) is 30.3 Å². The molecule has 1 unspecified atom stereocenters. The number of hydrogen-bond donors (Lipinski definition) is 1. The summed E-state index contributed by atoms with van der Waals surface area (Å²) in [4.78, 5) is 0. The SMILES string of the molecule is C#CCC(C)Nc1ccccc1. The smallest absolute Gasteiger partial charge is 0.0342 e. The Kier molecular flexibility index (Phi) is 3.22. The molecule has 1 aromatic rings. The van der Waals surface area contributed by atoms with Gasteiger partial charge in [0.15, 0.2) is 0 Å². The molecule has 0 heterocycles. The lowest BCUT2D eigenvalue weighted by atomic mass is 10.2. The van der Waals surface area contributed by atoms with Gasteiger partial charge in [0.25, 0.3) is 0 Å². The van der Waals surface area contributed by atoms with Crippen LogP contribution in [-0.4, -0.2) is 6.04 Å². The topological polar surface area (TPSA) is 12.0 Å².